The number of fused-ring (bicyclic) bond motifs is 1. The van der Waals surface area contributed by atoms with Crippen molar-refractivity contribution in [2.24, 2.45) is 5.41 Å². The summed E-state index contributed by atoms with van der Waals surface area (Å²) in [6.07, 6.45) is -1.40. The maximum absolute atomic E-state index is 13.9. The number of anilines is 2. The number of nitrogens with zero attached hydrogens (tertiary/aromatic N) is 4. The van der Waals surface area contributed by atoms with E-state index in [1.165, 1.54) is 12.4 Å². The number of benzene rings is 1. The van der Waals surface area contributed by atoms with Crippen molar-refractivity contribution in [1.82, 2.24) is 25.9 Å². The summed E-state index contributed by atoms with van der Waals surface area (Å²) in [5.41, 5.74) is 8.61. The first-order chi connectivity index (χ1) is 19.2. The molecule has 2 aliphatic rings. The van der Waals surface area contributed by atoms with Crippen LogP contribution in [0.5, 0.6) is 0 Å². The molecule has 2 aromatic heterocycles. The summed E-state index contributed by atoms with van der Waals surface area (Å²) in [7, 11) is 0. The van der Waals surface area contributed by atoms with Crippen LogP contribution in [0.4, 0.5) is 24.5 Å². The molecular weight excluding hydrogens is 553 g/mol. The molecule has 1 aliphatic carbocycles. The molecule has 0 radical (unpaired) electrons. The maximum atomic E-state index is 13.9. The third-order valence-corrected chi connectivity index (χ3v) is 7.63. The van der Waals surface area contributed by atoms with Gasteiger partial charge in [-0.3, -0.25) is 15.0 Å². The zero-order valence-corrected chi connectivity index (χ0v) is 24.2. The van der Waals surface area contributed by atoms with Gasteiger partial charge < -0.3 is 16.1 Å². The first-order valence-corrected chi connectivity index (χ1v) is 13.7. The van der Waals surface area contributed by atoms with Crippen LogP contribution in [-0.4, -0.2) is 33.2 Å². The number of hydrogen-bond donors (Lipinski definition) is 4. The fourth-order valence-electron chi connectivity index (χ4n) is 4.95. The number of aryl methyl sites for hydroxylation is 2. The molecule has 0 unspecified atom stereocenters. The molecule has 3 aromatic rings. The van der Waals surface area contributed by atoms with Crippen LogP contribution in [0.25, 0.3) is 10.9 Å². The van der Waals surface area contributed by atoms with Crippen LogP contribution in [-0.2, 0) is 0 Å². The summed E-state index contributed by atoms with van der Waals surface area (Å²) in [6.45, 7) is 10.6. The van der Waals surface area contributed by atoms with Crippen molar-refractivity contribution in [2.45, 2.75) is 65.2 Å². The highest BCUT2D eigenvalue weighted by molar-refractivity contribution is 6.35. The van der Waals surface area contributed by atoms with Gasteiger partial charge in [0.15, 0.2) is 5.54 Å². The molecule has 1 aromatic carbocycles. The average Bonchev–Trinajstić information content (AvgIpc) is 3.57. The quantitative estimate of drug-likeness (QED) is 0.245. The highest BCUT2D eigenvalue weighted by atomic mass is 35.5. The van der Waals surface area contributed by atoms with Crippen LogP contribution in [0.1, 0.15) is 62.2 Å². The molecule has 0 spiro atoms. The predicted octanol–water partition coefficient (Wildman–Crippen LogP) is 6.64. The Morgan fingerprint density at radius 3 is 2.54 bits per heavy atom. The summed E-state index contributed by atoms with van der Waals surface area (Å²) in [6, 6.07) is 8.94. The van der Waals surface area contributed by atoms with E-state index in [1.807, 2.05) is 32.0 Å². The van der Waals surface area contributed by atoms with Crippen LogP contribution < -0.4 is 21.6 Å². The Morgan fingerprint density at radius 1 is 1.20 bits per heavy atom. The summed E-state index contributed by atoms with van der Waals surface area (Å²) in [5.74, 6) is 0. The van der Waals surface area contributed by atoms with E-state index in [-0.39, 0.29) is 18.3 Å². The lowest BCUT2D eigenvalue weighted by molar-refractivity contribution is -0.195. The van der Waals surface area contributed by atoms with E-state index in [0.717, 1.165) is 22.0 Å². The molecule has 1 aliphatic heterocycles. The number of nitriles is 1. The van der Waals surface area contributed by atoms with E-state index in [1.54, 1.807) is 6.07 Å². The fraction of sp³-hybridized carbons (Fsp3) is 0.414. The van der Waals surface area contributed by atoms with Gasteiger partial charge in [0.2, 0.25) is 0 Å². The number of hydrazine groups is 2. The molecule has 12 heteroatoms. The molecule has 0 bridgehead atoms. The Kier molecular flexibility index (Phi) is 7.20. The van der Waals surface area contributed by atoms with Gasteiger partial charge in [0.1, 0.15) is 6.07 Å². The van der Waals surface area contributed by atoms with Gasteiger partial charge in [-0.1, -0.05) is 38.4 Å². The predicted molar refractivity (Wildman–Crippen MR) is 154 cm³/mol. The van der Waals surface area contributed by atoms with Crippen molar-refractivity contribution in [3.05, 3.63) is 69.9 Å². The van der Waals surface area contributed by atoms with Gasteiger partial charge in [-0.25, -0.2) is 0 Å². The van der Waals surface area contributed by atoms with E-state index in [2.05, 4.69) is 58.4 Å². The average molecular weight is 585 g/mol. The molecule has 8 nitrogen and oxygen atoms in total. The number of rotatable bonds is 7. The van der Waals surface area contributed by atoms with E-state index in [4.69, 9.17) is 11.6 Å². The minimum atomic E-state index is -4.38. The first kappa shape index (κ1) is 28.8. The molecule has 0 saturated heterocycles. The van der Waals surface area contributed by atoms with Crippen molar-refractivity contribution in [1.29, 1.82) is 5.26 Å². The number of halogens is 4. The van der Waals surface area contributed by atoms with Gasteiger partial charge >= 0.3 is 6.18 Å². The minimum Gasteiger partial charge on any atom is -0.383 e. The fourth-order valence-corrected chi connectivity index (χ4v) is 5.22. The molecular formula is C29H32ClF3N8. The molecule has 4 N–H and O–H groups in total. The van der Waals surface area contributed by atoms with E-state index in [0.29, 0.717) is 45.1 Å². The van der Waals surface area contributed by atoms with Crippen molar-refractivity contribution in [3.8, 4) is 6.07 Å². The molecule has 1 fully saturated rings. The highest BCUT2D eigenvalue weighted by Gasteiger charge is 2.67. The van der Waals surface area contributed by atoms with Crippen LogP contribution in [0.15, 0.2) is 42.4 Å². The largest absolute Gasteiger partial charge is 0.413 e. The van der Waals surface area contributed by atoms with Crippen molar-refractivity contribution in [3.63, 3.8) is 0 Å². The van der Waals surface area contributed by atoms with Crippen LogP contribution in [0.3, 0.4) is 0 Å². The van der Waals surface area contributed by atoms with Crippen molar-refractivity contribution in [2.75, 3.05) is 17.2 Å². The van der Waals surface area contributed by atoms with Gasteiger partial charge in [0, 0.05) is 47.0 Å². The Morgan fingerprint density at radius 2 is 1.93 bits per heavy atom. The Hall–Kier alpha value is -3.75. The van der Waals surface area contributed by atoms with Crippen molar-refractivity contribution < 1.29 is 13.2 Å². The molecule has 1 atom stereocenters. The summed E-state index contributed by atoms with van der Waals surface area (Å²) < 4.78 is 41.6. The highest BCUT2D eigenvalue weighted by Crippen LogP contribution is 2.53. The smallest absolute Gasteiger partial charge is 0.383 e. The summed E-state index contributed by atoms with van der Waals surface area (Å²) >= 11 is 6.70. The van der Waals surface area contributed by atoms with Crippen LogP contribution in [0, 0.1) is 30.6 Å². The molecule has 0 amide bonds. The molecule has 3 heterocycles. The SMILES string of the molecule is Cc1ccc([C@H](Nc2cc(Cl)c3ncc(C#N)c(NCC(C)(C)C)c3c2)C2=CN(C3(C(F)(F)F)CC3)NN2)c(C)n1. The molecule has 41 heavy (non-hydrogen) atoms. The number of aromatic nitrogens is 2. The lowest BCUT2D eigenvalue weighted by Gasteiger charge is -2.28. The second-order valence-corrected chi connectivity index (χ2v) is 12.3. The number of nitrogens with one attached hydrogen (secondary N) is 4. The Labute approximate surface area is 241 Å². The number of pyridine rings is 2. The molecule has 5 rings (SSSR count). The van der Waals surface area contributed by atoms with Crippen molar-refractivity contribution >= 4 is 33.9 Å². The Bertz CT molecular complexity index is 1570. The first-order valence-electron chi connectivity index (χ1n) is 13.3. The second kappa shape index (κ2) is 10.3. The maximum Gasteiger partial charge on any atom is 0.413 e. The zero-order valence-electron chi connectivity index (χ0n) is 23.5. The monoisotopic (exact) mass is 584 g/mol. The van der Waals surface area contributed by atoms with E-state index in [9.17, 15) is 18.4 Å². The van der Waals surface area contributed by atoms with Crippen LogP contribution in [0.2, 0.25) is 5.02 Å². The third-order valence-electron chi connectivity index (χ3n) is 7.34. The zero-order chi connectivity index (χ0) is 29.7. The Balaban J connectivity index is 1.58. The van der Waals surface area contributed by atoms with Gasteiger partial charge in [-0.05, 0) is 50.3 Å². The second-order valence-electron chi connectivity index (χ2n) is 11.9. The molecule has 1 saturated carbocycles. The summed E-state index contributed by atoms with van der Waals surface area (Å²) in [5, 5.41) is 18.8. The standard InChI is InChI=1S/C29H32ClF3N8/c1-16-6-7-20(17(2)37-16)26(23-14-41(40-39-23)28(8-9-28)29(31,32)33)38-19-10-21-24(36-15-27(3,4)5)18(12-34)13-35-25(21)22(30)11-19/h6-7,10-11,13-14,26,38-40H,8-9,15H2,1-5H3,(H,35,36)/t26-/m0/s1. The van der Waals surface area contributed by atoms with Gasteiger partial charge in [0.05, 0.1) is 33.5 Å². The van der Waals surface area contributed by atoms with Gasteiger partial charge in [-0.2, -0.15) is 18.4 Å². The van der Waals surface area contributed by atoms with E-state index >= 15 is 0 Å². The summed E-state index contributed by atoms with van der Waals surface area (Å²) in [4.78, 5) is 9.01. The number of alkyl halides is 3. The van der Waals surface area contributed by atoms with Gasteiger partial charge in [0.25, 0.3) is 0 Å². The third kappa shape index (κ3) is 5.59. The lowest BCUT2D eigenvalue weighted by Crippen LogP contribution is -2.52. The normalized spacial score (nSPS) is 17.1. The lowest BCUT2D eigenvalue weighted by atomic mass is 9.96. The topological polar surface area (TPSA) is 101 Å². The van der Waals surface area contributed by atoms with E-state index < -0.39 is 17.8 Å². The molecule has 216 valence electrons. The van der Waals surface area contributed by atoms with Crippen LogP contribution >= 0.6 is 11.6 Å². The van der Waals surface area contributed by atoms with Gasteiger partial charge in [-0.15, -0.1) is 5.53 Å². The number of hydrogen-bond acceptors (Lipinski definition) is 8. The minimum absolute atomic E-state index is 0.0109.